The van der Waals surface area contributed by atoms with Gasteiger partial charge in [0.15, 0.2) is 0 Å². The minimum Gasteiger partial charge on any atom is -0.327 e. The van der Waals surface area contributed by atoms with Crippen molar-refractivity contribution in [3.8, 4) is 0 Å². The van der Waals surface area contributed by atoms with Gasteiger partial charge in [0.25, 0.3) is 5.91 Å². The van der Waals surface area contributed by atoms with Gasteiger partial charge in [0.05, 0.1) is 0 Å². The van der Waals surface area contributed by atoms with E-state index in [2.05, 4.69) is 16.7 Å². The molecule has 2 atom stereocenters. The van der Waals surface area contributed by atoms with E-state index in [9.17, 15) is 14.4 Å². The Balaban J connectivity index is 1.20. The van der Waals surface area contributed by atoms with Crippen molar-refractivity contribution in [1.82, 2.24) is 15.5 Å². The molecule has 2 heterocycles. The van der Waals surface area contributed by atoms with Crippen molar-refractivity contribution >= 4 is 17.7 Å². The maximum Gasteiger partial charge on any atom is 0.255 e. The van der Waals surface area contributed by atoms with Crippen LogP contribution in [0.3, 0.4) is 0 Å². The quantitative estimate of drug-likeness (QED) is 0.664. The molecule has 0 aromatic heterocycles. The second-order valence-electron chi connectivity index (χ2n) is 9.22. The first-order chi connectivity index (χ1) is 13.9. The third-order valence-corrected chi connectivity index (χ3v) is 7.42. The van der Waals surface area contributed by atoms with E-state index in [0.29, 0.717) is 36.0 Å². The molecule has 4 N–H and O–H groups in total. The number of piperidine rings is 1. The number of benzene rings is 1. The first-order valence-corrected chi connectivity index (χ1v) is 10.7. The predicted molar refractivity (Wildman–Crippen MR) is 107 cm³/mol. The van der Waals surface area contributed by atoms with Crippen LogP contribution < -0.4 is 16.4 Å². The van der Waals surface area contributed by atoms with Crippen LogP contribution >= 0.6 is 0 Å². The standard InChI is InChI=1S/C22H28N4O3/c23-18-10-22(18)7-5-15(6-8-22)24-11-13-1-2-16-14(9-13)12-26(21(16)29)17-3-4-19(27)25-20(17)28/h1-2,9,15,17-18,24H,3-8,10-12,23H2,(H,25,27,28). The van der Waals surface area contributed by atoms with Crippen LogP contribution in [0.25, 0.3) is 0 Å². The Labute approximate surface area is 170 Å². The van der Waals surface area contributed by atoms with Gasteiger partial charge in [-0.25, -0.2) is 0 Å². The maximum atomic E-state index is 12.8. The van der Waals surface area contributed by atoms with E-state index in [0.717, 1.165) is 17.7 Å². The van der Waals surface area contributed by atoms with Crippen LogP contribution in [0.15, 0.2) is 18.2 Å². The van der Waals surface area contributed by atoms with Crippen molar-refractivity contribution in [2.75, 3.05) is 0 Å². The summed E-state index contributed by atoms with van der Waals surface area (Å²) < 4.78 is 0. The van der Waals surface area contributed by atoms with E-state index in [4.69, 9.17) is 5.73 Å². The van der Waals surface area contributed by atoms with Crippen molar-refractivity contribution < 1.29 is 14.4 Å². The second kappa shape index (κ2) is 6.92. The van der Waals surface area contributed by atoms with Crippen molar-refractivity contribution in [2.45, 2.75) is 76.2 Å². The van der Waals surface area contributed by atoms with E-state index >= 15 is 0 Å². The largest absolute Gasteiger partial charge is 0.327 e. The van der Waals surface area contributed by atoms with Crippen LogP contribution in [0, 0.1) is 5.41 Å². The van der Waals surface area contributed by atoms with E-state index < -0.39 is 6.04 Å². The summed E-state index contributed by atoms with van der Waals surface area (Å²) in [6, 6.07) is 6.34. The Hall–Kier alpha value is -2.25. The highest BCUT2D eigenvalue weighted by molar-refractivity contribution is 6.05. The Kier molecular flexibility index (Phi) is 4.47. The van der Waals surface area contributed by atoms with Gasteiger partial charge in [-0.05, 0) is 61.1 Å². The van der Waals surface area contributed by atoms with Crippen molar-refractivity contribution in [3.63, 3.8) is 0 Å². The summed E-state index contributed by atoms with van der Waals surface area (Å²) >= 11 is 0. The van der Waals surface area contributed by atoms with Crippen LogP contribution in [0.1, 0.15) is 66.4 Å². The predicted octanol–water partition coefficient (Wildman–Crippen LogP) is 1.20. The van der Waals surface area contributed by atoms with E-state index in [1.165, 1.54) is 32.1 Å². The summed E-state index contributed by atoms with van der Waals surface area (Å²) in [5.74, 6) is -0.747. The Bertz CT molecular complexity index is 875. The summed E-state index contributed by atoms with van der Waals surface area (Å²) in [5.41, 5.74) is 9.33. The molecule has 5 rings (SSSR count). The molecular weight excluding hydrogens is 368 g/mol. The molecular formula is C22H28N4O3. The first kappa shape index (κ1) is 18.8. The average Bonchev–Trinajstić information content (AvgIpc) is 3.20. The van der Waals surface area contributed by atoms with Crippen LogP contribution in [0.4, 0.5) is 0 Å². The number of nitrogens with one attached hydrogen (secondary N) is 2. The molecule has 3 fully saturated rings. The van der Waals surface area contributed by atoms with Gasteiger partial charge in [-0.3, -0.25) is 19.7 Å². The minimum atomic E-state index is -0.558. The van der Waals surface area contributed by atoms with Crippen LogP contribution in [-0.2, 0) is 22.7 Å². The third kappa shape index (κ3) is 3.36. The zero-order chi connectivity index (χ0) is 20.2. The van der Waals surface area contributed by atoms with Gasteiger partial charge in [-0.15, -0.1) is 0 Å². The highest BCUT2D eigenvalue weighted by Gasteiger charge is 2.52. The fourth-order valence-electron chi connectivity index (χ4n) is 5.35. The molecule has 2 unspecified atom stereocenters. The van der Waals surface area contributed by atoms with Gasteiger partial charge in [0, 0.05) is 37.2 Å². The molecule has 1 aromatic rings. The number of nitrogens with two attached hydrogens (primary N) is 1. The average molecular weight is 396 g/mol. The zero-order valence-corrected chi connectivity index (χ0v) is 16.6. The highest BCUT2D eigenvalue weighted by Crippen LogP contribution is 2.55. The molecule has 29 heavy (non-hydrogen) atoms. The molecule has 2 aliphatic carbocycles. The lowest BCUT2D eigenvalue weighted by Crippen LogP contribution is -2.52. The lowest BCUT2D eigenvalue weighted by molar-refractivity contribution is -0.136. The topological polar surface area (TPSA) is 105 Å². The van der Waals surface area contributed by atoms with Crippen LogP contribution in [0.5, 0.6) is 0 Å². The first-order valence-electron chi connectivity index (χ1n) is 10.7. The second-order valence-corrected chi connectivity index (χ2v) is 9.22. The van der Waals surface area contributed by atoms with Gasteiger partial charge in [0.1, 0.15) is 6.04 Å². The van der Waals surface area contributed by atoms with Gasteiger partial charge in [-0.1, -0.05) is 12.1 Å². The summed E-state index contributed by atoms with van der Waals surface area (Å²) in [6.07, 6.45) is 6.69. The lowest BCUT2D eigenvalue weighted by Gasteiger charge is -2.29. The molecule has 2 aliphatic heterocycles. The van der Waals surface area contributed by atoms with E-state index in [-0.39, 0.29) is 24.1 Å². The Morgan fingerprint density at radius 2 is 1.93 bits per heavy atom. The van der Waals surface area contributed by atoms with Gasteiger partial charge in [-0.2, -0.15) is 0 Å². The summed E-state index contributed by atoms with van der Waals surface area (Å²) in [7, 11) is 0. The Morgan fingerprint density at radius 3 is 2.62 bits per heavy atom. The number of carbonyl (C=O) groups excluding carboxylic acids is 3. The molecule has 154 valence electrons. The summed E-state index contributed by atoms with van der Waals surface area (Å²) in [5, 5.41) is 6.01. The number of hydrogen-bond acceptors (Lipinski definition) is 5. The van der Waals surface area contributed by atoms with Gasteiger partial charge < -0.3 is 16.0 Å². The molecule has 0 radical (unpaired) electrons. The molecule has 1 saturated heterocycles. The highest BCUT2D eigenvalue weighted by atomic mass is 16.2. The number of rotatable bonds is 4. The van der Waals surface area contributed by atoms with Gasteiger partial charge in [0.2, 0.25) is 11.8 Å². The maximum absolute atomic E-state index is 12.8. The fourth-order valence-corrected chi connectivity index (χ4v) is 5.35. The third-order valence-electron chi connectivity index (χ3n) is 7.42. The zero-order valence-electron chi connectivity index (χ0n) is 16.6. The molecule has 0 bridgehead atoms. The monoisotopic (exact) mass is 396 g/mol. The number of carbonyl (C=O) groups is 3. The van der Waals surface area contributed by atoms with Crippen LogP contribution in [-0.4, -0.2) is 40.7 Å². The molecule has 7 nitrogen and oxygen atoms in total. The molecule has 1 aromatic carbocycles. The number of fused-ring (bicyclic) bond motifs is 1. The number of nitrogens with zero attached hydrogens (tertiary/aromatic N) is 1. The molecule has 7 heteroatoms. The molecule has 4 aliphatic rings. The lowest BCUT2D eigenvalue weighted by atomic mass is 9.83. The summed E-state index contributed by atoms with van der Waals surface area (Å²) in [4.78, 5) is 37.9. The van der Waals surface area contributed by atoms with E-state index in [1.54, 1.807) is 4.90 Å². The fraction of sp³-hybridized carbons (Fsp3) is 0.591. The normalized spacial score (nSPS) is 33.8. The molecule has 2 saturated carbocycles. The minimum absolute atomic E-state index is 0.118. The van der Waals surface area contributed by atoms with Crippen LogP contribution in [0.2, 0.25) is 0 Å². The Morgan fingerprint density at radius 1 is 1.17 bits per heavy atom. The smallest absolute Gasteiger partial charge is 0.255 e. The van der Waals surface area contributed by atoms with Crippen molar-refractivity contribution in [3.05, 3.63) is 34.9 Å². The SMILES string of the molecule is NC1CC12CCC(NCc1ccc3c(c1)CN(C1CCC(=O)NC1=O)C3=O)CC2. The number of imide groups is 1. The number of amides is 3. The summed E-state index contributed by atoms with van der Waals surface area (Å²) in [6.45, 7) is 1.21. The molecule has 1 spiro atoms. The van der Waals surface area contributed by atoms with E-state index in [1.807, 2.05) is 12.1 Å². The number of hydrogen-bond donors (Lipinski definition) is 3. The molecule has 3 amide bonds. The van der Waals surface area contributed by atoms with Crippen molar-refractivity contribution in [1.29, 1.82) is 0 Å². The van der Waals surface area contributed by atoms with Gasteiger partial charge >= 0.3 is 0 Å². The van der Waals surface area contributed by atoms with Crippen molar-refractivity contribution in [2.24, 2.45) is 11.1 Å².